The van der Waals surface area contributed by atoms with Crippen LogP contribution in [0.4, 0.5) is 10.1 Å². The van der Waals surface area contributed by atoms with E-state index in [1.165, 1.54) is 12.1 Å². The molecule has 0 saturated carbocycles. The molecule has 0 bridgehead atoms. The first-order valence-corrected chi connectivity index (χ1v) is 9.32. The number of benzene rings is 2. The second kappa shape index (κ2) is 8.19. The fourth-order valence-electron chi connectivity index (χ4n) is 3.39. The number of carbonyl (C=O) groups is 1. The molecule has 1 aliphatic heterocycles. The summed E-state index contributed by atoms with van der Waals surface area (Å²) in [6.07, 6.45) is -0.218. The molecule has 2 aromatic rings. The molecule has 3 rings (SSSR count). The number of ether oxygens (including phenoxy) is 1. The van der Waals surface area contributed by atoms with Crippen LogP contribution in [0.15, 0.2) is 48.5 Å². The second-order valence-corrected chi connectivity index (χ2v) is 7.99. The maximum Gasteiger partial charge on any atom is 0.238 e. The highest BCUT2D eigenvalue weighted by molar-refractivity contribution is 5.93. The lowest BCUT2D eigenvalue weighted by Crippen LogP contribution is -2.42. The second-order valence-electron chi connectivity index (χ2n) is 7.99. The Morgan fingerprint density at radius 1 is 1.22 bits per heavy atom. The molecule has 1 atom stereocenters. The molecule has 27 heavy (non-hydrogen) atoms. The van der Waals surface area contributed by atoms with Gasteiger partial charge in [0.15, 0.2) is 0 Å². The van der Waals surface area contributed by atoms with E-state index >= 15 is 0 Å². The Morgan fingerprint density at radius 2 is 2.00 bits per heavy atom. The molecule has 2 aromatic carbocycles. The van der Waals surface area contributed by atoms with Gasteiger partial charge in [-0.1, -0.05) is 51.1 Å². The molecule has 1 saturated heterocycles. The van der Waals surface area contributed by atoms with Crippen molar-refractivity contribution in [2.24, 2.45) is 0 Å². The lowest BCUT2D eigenvalue weighted by Gasteiger charge is -2.33. The number of nitrogens with zero attached hydrogens (tertiary/aromatic N) is 1. The van der Waals surface area contributed by atoms with E-state index in [9.17, 15) is 9.18 Å². The Morgan fingerprint density at radius 3 is 2.74 bits per heavy atom. The lowest BCUT2D eigenvalue weighted by atomic mass is 9.86. The first-order valence-electron chi connectivity index (χ1n) is 9.32. The minimum atomic E-state index is -0.273. The van der Waals surface area contributed by atoms with E-state index in [1.54, 1.807) is 6.07 Å². The minimum Gasteiger partial charge on any atom is -0.371 e. The van der Waals surface area contributed by atoms with Crippen molar-refractivity contribution in [2.45, 2.75) is 32.3 Å². The van der Waals surface area contributed by atoms with Gasteiger partial charge in [-0.3, -0.25) is 9.69 Å². The fraction of sp³-hybridized carbons (Fsp3) is 0.409. The van der Waals surface area contributed by atoms with Crippen molar-refractivity contribution in [3.05, 3.63) is 65.5 Å². The van der Waals surface area contributed by atoms with Crippen LogP contribution in [-0.4, -0.2) is 37.0 Å². The molecule has 0 aliphatic carbocycles. The van der Waals surface area contributed by atoms with Crippen molar-refractivity contribution in [3.63, 3.8) is 0 Å². The molecule has 1 unspecified atom stereocenters. The van der Waals surface area contributed by atoms with Crippen molar-refractivity contribution in [1.29, 1.82) is 0 Å². The van der Waals surface area contributed by atoms with Crippen molar-refractivity contribution in [2.75, 3.05) is 31.6 Å². The molecule has 1 aliphatic rings. The molecule has 1 fully saturated rings. The molecular weight excluding hydrogens is 343 g/mol. The number of amides is 1. The zero-order valence-electron chi connectivity index (χ0n) is 16.2. The van der Waals surface area contributed by atoms with Crippen molar-refractivity contribution in [1.82, 2.24) is 4.90 Å². The van der Waals surface area contributed by atoms with Gasteiger partial charge >= 0.3 is 0 Å². The van der Waals surface area contributed by atoms with Crippen LogP contribution < -0.4 is 5.32 Å². The van der Waals surface area contributed by atoms with E-state index in [-0.39, 0.29) is 29.8 Å². The third kappa shape index (κ3) is 5.15. The number of rotatable bonds is 4. The first kappa shape index (κ1) is 19.5. The van der Waals surface area contributed by atoms with Crippen LogP contribution in [0.5, 0.6) is 0 Å². The Bertz CT molecular complexity index is 801. The van der Waals surface area contributed by atoms with Crippen LogP contribution in [0.1, 0.15) is 38.0 Å². The van der Waals surface area contributed by atoms with Gasteiger partial charge in [-0.15, -0.1) is 0 Å². The van der Waals surface area contributed by atoms with Crippen LogP contribution in [0, 0.1) is 5.82 Å². The largest absolute Gasteiger partial charge is 0.371 e. The minimum absolute atomic E-state index is 0.0495. The van der Waals surface area contributed by atoms with Crippen LogP contribution in [0.2, 0.25) is 0 Å². The van der Waals surface area contributed by atoms with E-state index in [4.69, 9.17) is 4.74 Å². The van der Waals surface area contributed by atoms with Crippen LogP contribution in [0.25, 0.3) is 0 Å². The summed E-state index contributed by atoms with van der Waals surface area (Å²) < 4.78 is 19.2. The number of hydrogen-bond acceptors (Lipinski definition) is 3. The Labute approximate surface area is 160 Å². The maximum absolute atomic E-state index is 13.5. The monoisotopic (exact) mass is 370 g/mol. The third-order valence-electron chi connectivity index (χ3n) is 4.75. The molecule has 0 aromatic heterocycles. The number of carbonyl (C=O) groups excluding carboxylic acids is 1. The van der Waals surface area contributed by atoms with Crippen molar-refractivity contribution >= 4 is 11.6 Å². The lowest BCUT2D eigenvalue weighted by molar-refractivity contribution is -0.119. The summed E-state index contributed by atoms with van der Waals surface area (Å²) in [6, 6.07) is 14.4. The topological polar surface area (TPSA) is 41.6 Å². The van der Waals surface area contributed by atoms with Gasteiger partial charge in [-0.25, -0.2) is 4.39 Å². The van der Waals surface area contributed by atoms with E-state index in [2.05, 4.69) is 26.1 Å². The van der Waals surface area contributed by atoms with Gasteiger partial charge in [0.05, 0.1) is 19.3 Å². The predicted octanol–water partition coefficient (Wildman–Crippen LogP) is 4.14. The molecule has 0 spiro atoms. The Balaban J connectivity index is 1.63. The molecular formula is C22H27FN2O2. The average molecular weight is 370 g/mol. The van der Waals surface area contributed by atoms with Gasteiger partial charge in [-0.05, 0) is 34.7 Å². The molecule has 1 N–H and O–H groups in total. The summed E-state index contributed by atoms with van der Waals surface area (Å²) in [4.78, 5) is 14.7. The molecule has 1 amide bonds. The van der Waals surface area contributed by atoms with Gasteiger partial charge in [-0.2, -0.15) is 0 Å². The number of halogens is 1. The fourth-order valence-corrected chi connectivity index (χ4v) is 3.39. The van der Waals surface area contributed by atoms with Gasteiger partial charge in [0.1, 0.15) is 5.82 Å². The molecule has 144 valence electrons. The van der Waals surface area contributed by atoms with Crippen molar-refractivity contribution in [3.8, 4) is 0 Å². The number of anilines is 1. The molecule has 5 heteroatoms. The average Bonchev–Trinajstić information content (AvgIpc) is 2.61. The predicted molar refractivity (Wildman–Crippen MR) is 105 cm³/mol. The Kier molecular flexibility index (Phi) is 5.92. The highest BCUT2D eigenvalue weighted by atomic mass is 19.1. The van der Waals surface area contributed by atoms with Gasteiger partial charge < -0.3 is 10.1 Å². The standard InChI is InChI=1S/C22H27FN2O2/c1-22(2,3)18-9-4-5-10-19(18)24-21(26)15-25-11-12-27-20(14-25)16-7-6-8-17(23)13-16/h4-10,13,20H,11-12,14-15H2,1-3H3,(H,24,26). The third-order valence-corrected chi connectivity index (χ3v) is 4.75. The molecule has 4 nitrogen and oxygen atoms in total. The quantitative estimate of drug-likeness (QED) is 0.880. The first-order chi connectivity index (χ1) is 12.8. The maximum atomic E-state index is 13.5. The smallest absolute Gasteiger partial charge is 0.238 e. The SMILES string of the molecule is CC(C)(C)c1ccccc1NC(=O)CN1CCOC(c2cccc(F)c2)C1. The highest BCUT2D eigenvalue weighted by Gasteiger charge is 2.24. The highest BCUT2D eigenvalue weighted by Crippen LogP contribution is 2.29. The van der Waals surface area contributed by atoms with Crippen molar-refractivity contribution < 1.29 is 13.9 Å². The number of morpholine rings is 1. The summed E-state index contributed by atoms with van der Waals surface area (Å²) in [5, 5.41) is 3.05. The normalized spacial score (nSPS) is 18.3. The summed E-state index contributed by atoms with van der Waals surface area (Å²) >= 11 is 0. The summed E-state index contributed by atoms with van der Waals surface area (Å²) in [5.41, 5.74) is 2.71. The number of nitrogens with one attached hydrogen (secondary N) is 1. The van der Waals surface area contributed by atoms with Crippen LogP contribution >= 0.6 is 0 Å². The van der Waals surface area contributed by atoms with Gasteiger partial charge in [0.2, 0.25) is 5.91 Å². The summed E-state index contributed by atoms with van der Waals surface area (Å²) in [7, 11) is 0. The number of para-hydroxylation sites is 1. The van der Waals surface area contributed by atoms with Gasteiger partial charge in [0, 0.05) is 18.8 Å². The van der Waals surface area contributed by atoms with E-state index in [1.807, 2.05) is 35.2 Å². The molecule has 0 radical (unpaired) electrons. The Hall–Kier alpha value is -2.24. The number of hydrogen-bond donors (Lipinski definition) is 1. The van der Waals surface area contributed by atoms with Crippen LogP contribution in [-0.2, 0) is 14.9 Å². The van der Waals surface area contributed by atoms with Crippen LogP contribution in [0.3, 0.4) is 0 Å². The van der Waals surface area contributed by atoms with E-state index in [0.29, 0.717) is 19.7 Å². The zero-order valence-corrected chi connectivity index (χ0v) is 16.2. The molecule has 1 heterocycles. The zero-order chi connectivity index (χ0) is 19.4. The van der Waals surface area contributed by atoms with Gasteiger partial charge in [0.25, 0.3) is 0 Å². The summed E-state index contributed by atoms with van der Waals surface area (Å²) in [6.45, 7) is 8.44. The van der Waals surface area contributed by atoms with E-state index in [0.717, 1.165) is 16.8 Å². The summed E-state index contributed by atoms with van der Waals surface area (Å²) in [5.74, 6) is -0.323. The van der Waals surface area contributed by atoms with E-state index < -0.39 is 0 Å².